The van der Waals surface area contributed by atoms with E-state index in [9.17, 15) is 0 Å². The average Bonchev–Trinajstić information content (AvgIpc) is 2.44. The first kappa shape index (κ1) is 6.40. The number of aromatic nitrogens is 1. The Bertz CT molecular complexity index is 244. The van der Waals surface area contributed by atoms with Gasteiger partial charge in [0, 0.05) is 17.3 Å². The van der Waals surface area contributed by atoms with Crippen LogP contribution in [0.25, 0.3) is 0 Å². The van der Waals surface area contributed by atoms with Gasteiger partial charge in [0.15, 0.2) is 0 Å². The second-order valence-corrected chi connectivity index (χ2v) is 3.08. The Balaban J connectivity index is 2.44. The molecule has 1 aliphatic carbocycles. The van der Waals surface area contributed by atoms with Gasteiger partial charge in [0.2, 0.25) is 0 Å². The predicted molar refractivity (Wildman–Crippen MR) is 41.2 cm³/mol. The minimum absolute atomic E-state index is 0.825. The first-order chi connectivity index (χ1) is 4.92. The number of hydrogen-bond acceptors (Lipinski definition) is 2. The predicted octanol–water partition coefficient (Wildman–Crippen LogP) is 2.06. The van der Waals surface area contributed by atoms with E-state index in [1.165, 1.54) is 12.0 Å². The fourth-order valence-corrected chi connectivity index (χ4v) is 1.83. The second-order valence-electron chi connectivity index (χ2n) is 2.52. The van der Waals surface area contributed by atoms with Crippen LogP contribution in [-0.2, 0) is 18.2 Å². The van der Waals surface area contributed by atoms with Crippen molar-refractivity contribution in [2.24, 2.45) is 0 Å². The lowest BCUT2D eigenvalue weighted by molar-refractivity contribution is 0.381. The molecule has 0 aromatic carbocycles. The van der Waals surface area contributed by atoms with Crippen LogP contribution in [0.5, 0.6) is 0 Å². The van der Waals surface area contributed by atoms with E-state index in [0.29, 0.717) is 0 Å². The van der Waals surface area contributed by atoms with Crippen LogP contribution in [0, 0.1) is 0 Å². The van der Waals surface area contributed by atoms with E-state index < -0.39 is 0 Å². The molecule has 0 aliphatic heterocycles. The fraction of sp³-hybridized carbons (Fsp3) is 0.571. The molecule has 0 radical (unpaired) electrons. The summed E-state index contributed by atoms with van der Waals surface area (Å²) in [6, 6.07) is 0. The highest BCUT2D eigenvalue weighted by atomic mass is 79.9. The first-order valence-electron chi connectivity index (χ1n) is 3.44. The number of aryl methyl sites for hydroxylation is 1. The first-order valence-corrected chi connectivity index (χ1v) is 4.56. The Labute approximate surface area is 67.7 Å². The van der Waals surface area contributed by atoms with E-state index in [4.69, 9.17) is 4.52 Å². The molecule has 0 N–H and O–H groups in total. The van der Waals surface area contributed by atoms with Crippen LogP contribution >= 0.6 is 15.9 Å². The lowest BCUT2D eigenvalue weighted by Crippen LogP contribution is -1.83. The highest BCUT2D eigenvalue weighted by Crippen LogP contribution is 2.25. The molecule has 1 aromatic heterocycles. The van der Waals surface area contributed by atoms with Crippen molar-refractivity contribution in [3.8, 4) is 0 Å². The molecule has 54 valence electrons. The Morgan fingerprint density at radius 3 is 3.20 bits per heavy atom. The van der Waals surface area contributed by atoms with Crippen LogP contribution in [0.2, 0.25) is 0 Å². The molecule has 0 unspecified atom stereocenters. The van der Waals surface area contributed by atoms with Crippen LogP contribution in [0.4, 0.5) is 0 Å². The number of rotatable bonds is 1. The number of hydrogen-bond donors (Lipinski definition) is 0. The SMILES string of the molecule is BrCc1noc2c1CCC2. The maximum absolute atomic E-state index is 5.12. The van der Waals surface area contributed by atoms with Gasteiger partial charge >= 0.3 is 0 Å². The standard InChI is InChI=1S/C7H8BrNO/c8-4-6-5-2-1-3-7(5)10-9-6/h1-4H2. The Hall–Kier alpha value is -0.310. The molecule has 1 aliphatic rings. The van der Waals surface area contributed by atoms with Crippen molar-refractivity contribution in [1.29, 1.82) is 0 Å². The molecule has 0 bridgehead atoms. The molecule has 0 amide bonds. The molecule has 10 heavy (non-hydrogen) atoms. The van der Waals surface area contributed by atoms with Gasteiger partial charge in [-0.1, -0.05) is 21.1 Å². The van der Waals surface area contributed by atoms with E-state index in [-0.39, 0.29) is 0 Å². The van der Waals surface area contributed by atoms with Crippen molar-refractivity contribution in [1.82, 2.24) is 5.16 Å². The van der Waals surface area contributed by atoms with Gasteiger partial charge in [-0.3, -0.25) is 0 Å². The molecule has 0 atom stereocenters. The van der Waals surface area contributed by atoms with Gasteiger partial charge in [-0.05, 0) is 12.8 Å². The van der Waals surface area contributed by atoms with Gasteiger partial charge in [-0.15, -0.1) is 0 Å². The van der Waals surface area contributed by atoms with Crippen LogP contribution in [0.15, 0.2) is 4.52 Å². The highest BCUT2D eigenvalue weighted by molar-refractivity contribution is 9.08. The van der Waals surface area contributed by atoms with E-state index in [1.54, 1.807) is 0 Å². The van der Waals surface area contributed by atoms with Crippen molar-refractivity contribution in [3.05, 3.63) is 17.0 Å². The molecular weight excluding hydrogens is 194 g/mol. The summed E-state index contributed by atoms with van der Waals surface area (Å²) in [6.45, 7) is 0. The molecule has 2 nitrogen and oxygen atoms in total. The quantitative estimate of drug-likeness (QED) is 0.651. The summed E-state index contributed by atoms with van der Waals surface area (Å²) in [6.07, 6.45) is 3.46. The normalized spacial score (nSPS) is 15.7. The second kappa shape index (κ2) is 2.38. The number of fused-ring (bicyclic) bond motifs is 1. The zero-order chi connectivity index (χ0) is 6.97. The summed E-state index contributed by atoms with van der Waals surface area (Å²) in [4.78, 5) is 0. The van der Waals surface area contributed by atoms with Crippen molar-refractivity contribution in [2.45, 2.75) is 24.6 Å². The van der Waals surface area contributed by atoms with Crippen molar-refractivity contribution in [3.63, 3.8) is 0 Å². The zero-order valence-corrected chi connectivity index (χ0v) is 7.15. The van der Waals surface area contributed by atoms with E-state index >= 15 is 0 Å². The van der Waals surface area contributed by atoms with Gasteiger partial charge in [-0.25, -0.2) is 0 Å². The van der Waals surface area contributed by atoms with Gasteiger partial charge in [0.25, 0.3) is 0 Å². The van der Waals surface area contributed by atoms with Crippen LogP contribution in [0.3, 0.4) is 0 Å². The summed E-state index contributed by atoms with van der Waals surface area (Å²) >= 11 is 3.37. The number of nitrogens with zero attached hydrogens (tertiary/aromatic N) is 1. The molecule has 3 heteroatoms. The Kier molecular flexibility index (Phi) is 1.52. The monoisotopic (exact) mass is 201 g/mol. The summed E-state index contributed by atoms with van der Waals surface area (Å²) in [5, 5.41) is 4.76. The van der Waals surface area contributed by atoms with Gasteiger partial charge in [0.1, 0.15) is 5.76 Å². The Morgan fingerprint density at radius 1 is 1.50 bits per heavy atom. The molecule has 0 saturated carbocycles. The lowest BCUT2D eigenvalue weighted by atomic mass is 10.2. The summed E-state index contributed by atoms with van der Waals surface area (Å²) in [5.74, 6) is 1.11. The summed E-state index contributed by atoms with van der Waals surface area (Å²) < 4.78 is 5.12. The molecule has 0 fully saturated rings. The van der Waals surface area contributed by atoms with E-state index in [0.717, 1.165) is 29.6 Å². The molecule has 0 spiro atoms. The minimum atomic E-state index is 0.825. The fourth-order valence-electron chi connectivity index (χ4n) is 1.39. The van der Waals surface area contributed by atoms with Crippen LogP contribution in [-0.4, -0.2) is 5.16 Å². The minimum Gasteiger partial charge on any atom is -0.361 e. The third kappa shape index (κ3) is 0.804. The van der Waals surface area contributed by atoms with E-state index in [2.05, 4.69) is 21.1 Å². The number of halogens is 1. The lowest BCUT2D eigenvalue weighted by Gasteiger charge is -1.87. The largest absolute Gasteiger partial charge is 0.361 e. The topological polar surface area (TPSA) is 26.0 Å². The van der Waals surface area contributed by atoms with Crippen molar-refractivity contribution in [2.75, 3.05) is 0 Å². The smallest absolute Gasteiger partial charge is 0.140 e. The summed E-state index contributed by atoms with van der Waals surface area (Å²) in [7, 11) is 0. The van der Waals surface area contributed by atoms with Crippen molar-refractivity contribution >= 4 is 15.9 Å². The Morgan fingerprint density at radius 2 is 2.40 bits per heavy atom. The van der Waals surface area contributed by atoms with Crippen LogP contribution in [0.1, 0.15) is 23.4 Å². The maximum atomic E-state index is 5.12. The molecule has 1 heterocycles. The molecule has 2 rings (SSSR count). The maximum Gasteiger partial charge on any atom is 0.140 e. The molecule has 0 saturated heterocycles. The van der Waals surface area contributed by atoms with Crippen LogP contribution < -0.4 is 0 Å². The van der Waals surface area contributed by atoms with Gasteiger partial charge < -0.3 is 4.52 Å². The van der Waals surface area contributed by atoms with Gasteiger partial charge in [0.05, 0.1) is 5.69 Å². The zero-order valence-electron chi connectivity index (χ0n) is 5.56. The molecular formula is C7H8BrNO. The third-order valence-electron chi connectivity index (χ3n) is 1.91. The summed E-state index contributed by atoms with van der Waals surface area (Å²) in [5.41, 5.74) is 2.43. The van der Waals surface area contributed by atoms with Crippen molar-refractivity contribution < 1.29 is 4.52 Å². The molecule has 1 aromatic rings. The van der Waals surface area contributed by atoms with E-state index in [1.807, 2.05) is 0 Å². The van der Waals surface area contributed by atoms with Gasteiger partial charge in [-0.2, -0.15) is 0 Å². The number of alkyl halides is 1. The third-order valence-corrected chi connectivity index (χ3v) is 2.44. The average molecular weight is 202 g/mol. The highest BCUT2D eigenvalue weighted by Gasteiger charge is 2.19.